The van der Waals surface area contributed by atoms with Gasteiger partial charge in [-0.25, -0.2) is 8.42 Å². The van der Waals surface area contributed by atoms with Crippen LogP contribution < -0.4 is 5.73 Å². The van der Waals surface area contributed by atoms with Gasteiger partial charge in [-0.3, -0.25) is 0 Å². The van der Waals surface area contributed by atoms with E-state index in [1.807, 2.05) is 12.1 Å². The van der Waals surface area contributed by atoms with E-state index < -0.39 is 9.84 Å². The second-order valence-corrected chi connectivity index (χ2v) is 7.44. The average Bonchev–Trinajstić information content (AvgIpc) is 2.68. The molecular formula is C14H21NO2S. The normalized spacial score (nSPS) is 24.0. The molecule has 1 aromatic rings. The smallest absolute Gasteiger partial charge is 0.150 e. The van der Waals surface area contributed by atoms with Crippen LogP contribution in [0, 0.1) is 5.92 Å². The van der Waals surface area contributed by atoms with E-state index in [1.54, 1.807) is 0 Å². The van der Waals surface area contributed by atoms with Gasteiger partial charge in [0.2, 0.25) is 0 Å². The summed E-state index contributed by atoms with van der Waals surface area (Å²) in [5.74, 6) is 0.878. The highest BCUT2D eigenvalue weighted by atomic mass is 32.2. The van der Waals surface area contributed by atoms with Gasteiger partial charge in [-0.15, -0.1) is 0 Å². The Morgan fingerprint density at radius 3 is 2.83 bits per heavy atom. The lowest BCUT2D eigenvalue weighted by Gasteiger charge is -2.16. The fourth-order valence-corrected chi connectivity index (χ4v) is 4.48. The summed E-state index contributed by atoms with van der Waals surface area (Å²) < 4.78 is 22.8. The van der Waals surface area contributed by atoms with Gasteiger partial charge >= 0.3 is 0 Å². The molecule has 2 N–H and O–H groups in total. The molecule has 0 saturated carbocycles. The van der Waals surface area contributed by atoms with E-state index in [0.717, 1.165) is 24.8 Å². The molecule has 0 aromatic heterocycles. The molecule has 1 aliphatic heterocycles. The van der Waals surface area contributed by atoms with Crippen molar-refractivity contribution < 1.29 is 8.42 Å². The predicted molar refractivity (Wildman–Crippen MR) is 74.1 cm³/mol. The van der Waals surface area contributed by atoms with Gasteiger partial charge in [0, 0.05) is 6.04 Å². The van der Waals surface area contributed by atoms with Crippen molar-refractivity contribution in [2.75, 3.05) is 11.5 Å². The first-order valence-corrected chi connectivity index (χ1v) is 8.37. The molecule has 0 aliphatic carbocycles. The molecule has 1 heterocycles. The maximum absolute atomic E-state index is 11.4. The van der Waals surface area contributed by atoms with E-state index in [9.17, 15) is 8.42 Å². The van der Waals surface area contributed by atoms with Gasteiger partial charge in [0.25, 0.3) is 0 Å². The number of hydrogen-bond acceptors (Lipinski definition) is 3. The van der Waals surface area contributed by atoms with Gasteiger partial charge < -0.3 is 5.73 Å². The summed E-state index contributed by atoms with van der Waals surface area (Å²) in [6.07, 6.45) is 2.54. The first-order valence-electron chi connectivity index (χ1n) is 6.55. The van der Waals surface area contributed by atoms with Crippen molar-refractivity contribution >= 4 is 9.84 Å². The number of sulfone groups is 1. The van der Waals surface area contributed by atoms with E-state index in [-0.39, 0.29) is 12.0 Å². The van der Waals surface area contributed by atoms with Crippen molar-refractivity contribution in [3.8, 4) is 0 Å². The van der Waals surface area contributed by atoms with Gasteiger partial charge in [-0.1, -0.05) is 31.2 Å². The molecule has 1 fully saturated rings. The molecule has 0 radical (unpaired) electrons. The first kappa shape index (κ1) is 13.6. The minimum Gasteiger partial charge on any atom is -0.324 e. The van der Waals surface area contributed by atoms with Crippen LogP contribution in [-0.4, -0.2) is 19.9 Å². The molecule has 2 rings (SSSR count). The second-order valence-electron chi connectivity index (χ2n) is 5.21. The van der Waals surface area contributed by atoms with E-state index in [0.29, 0.717) is 11.5 Å². The minimum atomic E-state index is -2.79. The predicted octanol–water partition coefficient (Wildman–Crippen LogP) is 2.07. The second kappa shape index (κ2) is 5.41. The van der Waals surface area contributed by atoms with E-state index in [1.165, 1.54) is 5.56 Å². The van der Waals surface area contributed by atoms with Crippen molar-refractivity contribution in [1.29, 1.82) is 0 Å². The molecule has 1 saturated heterocycles. The van der Waals surface area contributed by atoms with Crippen LogP contribution in [0.4, 0.5) is 0 Å². The summed E-state index contributed by atoms with van der Waals surface area (Å²) in [7, 11) is -2.79. The Kier molecular flexibility index (Phi) is 4.07. The molecule has 100 valence electrons. The van der Waals surface area contributed by atoms with Gasteiger partial charge in [0.05, 0.1) is 11.5 Å². The van der Waals surface area contributed by atoms with Crippen molar-refractivity contribution in [3.05, 3.63) is 35.4 Å². The largest absolute Gasteiger partial charge is 0.324 e. The Morgan fingerprint density at radius 2 is 2.22 bits per heavy atom. The summed E-state index contributed by atoms with van der Waals surface area (Å²) in [5, 5.41) is 0. The fraction of sp³-hybridized carbons (Fsp3) is 0.571. The van der Waals surface area contributed by atoms with Crippen molar-refractivity contribution in [3.63, 3.8) is 0 Å². The number of rotatable bonds is 4. The van der Waals surface area contributed by atoms with Crippen LogP contribution in [0.2, 0.25) is 0 Å². The lowest BCUT2D eigenvalue weighted by molar-refractivity contribution is 0.481. The van der Waals surface area contributed by atoms with E-state index in [2.05, 4.69) is 19.1 Å². The fourth-order valence-electron chi connectivity index (χ4n) is 2.60. The first-order chi connectivity index (χ1) is 8.50. The zero-order valence-electron chi connectivity index (χ0n) is 10.8. The summed E-state index contributed by atoms with van der Waals surface area (Å²) in [5.41, 5.74) is 8.60. The van der Waals surface area contributed by atoms with Crippen LogP contribution in [0.1, 0.15) is 36.9 Å². The van der Waals surface area contributed by atoms with Crippen LogP contribution in [0.3, 0.4) is 0 Å². The zero-order chi connectivity index (χ0) is 13.2. The quantitative estimate of drug-likeness (QED) is 0.908. The lowest BCUT2D eigenvalue weighted by Crippen LogP contribution is -2.16. The van der Waals surface area contributed by atoms with E-state index in [4.69, 9.17) is 5.73 Å². The molecule has 0 amide bonds. The maximum Gasteiger partial charge on any atom is 0.150 e. The summed E-state index contributed by atoms with van der Waals surface area (Å²) in [6.45, 7) is 2.12. The molecule has 0 spiro atoms. The van der Waals surface area contributed by atoms with Gasteiger partial charge in [0.15, 0.2) is 9.84 Å². The third-order valence-corrected chi connectivity index (χ3v) is 5.54. The van der Waals surface area contributed by atoms with Gasteiger partial charge in [0.1, 0.15) is 0 Å². The number of nitrogens with two attached hydrogens (primary N) is 1. The third kappa shape index (κ3) is 3.33. The van der Waals surface area contributed by atoms with Crippen LogP contribution >= 0.6 is 0 Å². The lowest BCUT2D eigenvalue weighted by atomic mass is 9.94. The molecule has 1 aromatic carbocycles. The van der Waals surface area contributed by atoms with Crippen molar-refractivity contribution in [1.82, 2.24) is 0 Å². The number of aryl methyl sites for hydroxylation is 1. The maximum atomic E-state index is 11.4. The van der Waals surface area contributed by atoms with Gasteiger partial charge in [-0.2, -0.15) is 0 Å². The molecule has 4 heteroatoms. The molecular weight excluding hydrogens is 246 g/mol. The number of benzene rings is 1. The summed E-state index contributed by atoms with van der Waals surface area (Å²) in [6, 6.07) is 8.24. The Bertz CT molecular complexity index is 510. The van der Waals surface area contributed by atoms with Crippen LogP contribution in [0.25, 0.3) is 0 Å². The average molecular weight is 267 g/mol. The SMILES string of the molecule is CCc1cccc(C(N)CC2CCS(=O)(=O)C2)c1. The Labute approximate surface area is 109 Å². The highest BCUT2D eigenvalue weighted by Gasteiger charge is 2.29. The van der Waals surface area contributed by atoms with Gasteiger partial charge in [-0.05, 0) is 36.3 Å². The molecule has 3 nitrogen and oxygen atoms in total. The summed E-state index contributed by atoms with van der Waals surface area (Å²) >= 11 is 0. The monoisotopic (exact) mass is 267 g/mol. The summed E-state index contributed by atoms with van der Waals surface area (Å²) in [4.78, 5) is 0. The third-order valence-electron chi connectivity index (χ3n) is 3.70. The van der Waals surface area contributed by atoms with Crippen LogP contribution in [0.5, 0.6) is 0 Å². The Hall–Kier alpha value is -0.870. The minimum absolute atomic E-state index is 0.0465. The van der Waals surface area contributed by atoms with Crippen molar-refractivity contribution in [2.45, 2.75) is 32.2 Å². The number of hydrogen-bond donors (Lipinski definition) is 1. The molecule has 2 atom stereocenters. The molecule has 0 bridgehead atoms. The molecule has 1 aliphatic rings. The highest BCUT2D eigenvalue weighted by Crippen LogP contribution is 2.27. The van der Waals surface area contributed by atoms with E-state index >= 15 is 0 Å². The van der Waals surface area contributed by atoms with Crippen molar-refractivity contribution in [2.24, 2.45) is 11.7 Å². The molecule has 18 heavy (non-hydrogen) atoms. The van der Waals surface area contributed by atoms with Crippen LogP contribution in [0.15, 0.2) is 24.3 Å². The standard InChI is InChI=1S/C14H21NO2S/c1-2-11-4-3-5-13(8-11)14(15)9-12-6-7-18(16,17)10-12/h3-5,8,12,14H,2,6-7,9-10,15H2,1H3. The van der Waals surface area contributed by atoms with Crippen LogP contribution in [-0.2, 0) is 16.3 Å². The zero-order valence-corrected chi connectivity index (χ0v) is 11.6. The highest BCUT2D eigenvalue weighted by molar-refractivity contribution is 7.91. The molecule has 2 unspecified atom stereocenters. The Morgan fingerprint density at radius 1 is 1.44 bits per heavy atom. The Balaban J connectivity index is 2.01. The topological polar surface area (TPSA) is 60.2 Å².